The van der Waals surface area contributed by atoms with Gasteiger partial charge in [0.2, 0.25) is 0 Å². The van der Waals surface area contributed by atoms with E-state index in [1.165, 1.54) is 5.01 Å². The van der Waals surface area contributed by atoms with Crippen LogP contribution in [0.2, 0.25) is 5.02 Å². The molecule has 98 valence electrons. The Morgan fingerprint density at radius 3 is 2.56 bits per heavy atom. The van der Waals surface area contributed by atoms with Crippen LogP contribution < -0.4 is 5.01 Å². The summed E-state index contributed by atoms with van der Waals surface area (Å²) in [6, 6.07) is 7.09. The first-order valence-electron chi connectivity index (χ1n) is 5.39. The van der Waals surface area contributed by atoms with E-state index in [-0.39, 0.29) is 19.3 Å². The lowest BCUT2D eigenvalue weighted by atomic mass is 10.0. The molecule has 0 saturated carbocycles. The average molecular weight is 285 g/mol. The van der Waals surface area contributed by atoms with Crippen LogP contribution in [0.15, 0.2) is 29.4 Å². The fraction of sp³-hybridized carbons (Fsp3) is 0.385. The molecule has 1 atom stereocenters. The van der Waals surface area contributed by atoms with E-state index in [2.05, 4.69) is 17.7 Å². The van der Waals surface area contributed by atoms with E-state index in [9.17, 15) is 4.79 Å². The highest BCUT2D eigenvalue weighted by molar-refractivity contribution is 7.80. The van der Waals surface area contributed by atoms with Crippen LogP contribution in [0.3, 0.4) is 0 Å². The van der Waals surface area contributed by atoms with Crippen molar-refractivity contribution in [3.8, 4) is 0 Å². The summed E-state index contributed by atoms with van der Waals surface area (Å²) in [5.41, 5.74) is 1.60. The van der Waals surface area contributed by atoms with E-state index in [0.717, 1.165) is 17.8 Å². The van der Waals surface area contributed by atoms with Crippen molar-refractivity contribution in [2.45, 2.75) is 20.8 Å². The second kappa shape index (κ2) is 6.25. The highest BCUT2D eigenvalue weighted by Gasteiger charge is 2.33. The quantitative estimate of drug-likeness (QED) is 0.845. The van der Waals surface area contributed by atoms with Crippen molar-refractivity contribution in [3.63, 3.8) is 0 Å². The van der Waals surface area contributed by atoms with Gasteiger partial charge in [0, 0.05) is 10.7 Å². The number of carbonyl (C=O) groups excluding carboxylic acids is 1. The van der Waals surface area contributed by atoms with Gasteiger partial charge in [-0.05, 0) is 43.4 Å². The van der Waals surface area contributed by atoms with Crippen molar-refractivity contribution in [3.05, 3.63) is 29.3 Å². The lowest BCUT2D eigenvalue weighted by Gasteiger charge is -2.13. The van der Waals surface area contributed by atoms with Gasteiger partial charge in [-0.3, -0.25) is 4.79 Å². The summed E-state index contributed by atoms with van der Waals surface area (Å²) in [4.78, 5) is 12.1. The summed E-state index contributed by atoms with van der Waals surface area (Å²) in [7, 11) is 0. The van der Waals surface area contributed by atoms with Gasteiger partial charge >= 0.3 is 0 Å². The van der Waals surface area contributed by atoms with Crippen molar-refractivity contribution in [2.75, 3.05) is 10.8 Å². The van der Waals surface area contributed by atoms with Gasteiger partial charge in [0.05, 0.1) is 11.6 Å². The van der Waals surface area contributed by atoms with Crippen LogP contribution in [0.25, 0.3) is 0 Å². The lowest BCUT2D eigenvalue weighted by Crippen LogP contribution is -2.27. The largest absolute Gasteiger partial charge is 0.272 e. The van der Waals surface area contributed by atoms with Gasteiger partial charge in [-0.25, -0.2) is 5.01 Å². The van der Waals surface area contributed by atoms with Crippen molar-refractivity contribution in [2.24, 2.45) is 11.0 Å². The number of anilines is 1. The van der Waals surface area contributed by atoms with Gasteiger partial charge in [-0.2, -0.15) is 17.7 Å². The van der Waals surface area contributed by atoms with Gasteiger partial charge in [-0.1, -0.05) is 19.0 Å². The van der Waals surface area contributed by atoms with Gasteiger partial charge in [0.25, 0.3) is 5.91 Å². The molecule has 1 aliphatic heterocycles. The maximum absolute atomic E-state index is 12.1. The van der Waals surface area contributed by atoms with Crippen LogP contribution in [-0.4, -0.2) is 17.4 Å². The molecule has 18 heavy (non-hydrogen) atoms. The van der Waals surface area contributed by atoms with Crippen LogP contribution in [0.4, 0.5) is 5.69 Å². The van der Waals surface area contributed by atoms with Crippen molar-refractivity contribution in [1.29, 1.82) is 0 Å². The highest BCUT2D eigenvalue weighted by atomic mass is 35.5. The molecular weight excluding hydrogens is 268 g/mol. The molecule has 1 heterocycles. The first kappa shape index (κ1) is 15.1. The SMILES string of the molecule is C.CC1=NN(c2ccc(Cl)cc2)C(=O)C1CCS. The maximum Gasteiger partial charge on any atom is 0.256 e. The Morgan fingerprint density at radius 2 is 2.00 bits per heavy atom. The summed E-state index contributed by atoms with van der Waals surface area (Å²) in [6.07, 6.45) is 0.724. The summed E-state index contributed by atoms with van der Waals surface area (Å²) >= 11 is 9.98. The topological polar surface area (TPSA) is 32.7 Å². The third-order valence-electron chi connectivity index (χ3n) is 2.76. The number of amides is 1. The Hall–Kier alpha value is -1.000. The van der Waals surface area contributed by atoms with Crippen LogP contribution >= 0.6 is 24.2 Å². The zero-order valence-corrected chi connectivity index (χ0v) is 11.1. The maximum atomic E-state index is 12.1. The third kappa shape index (κ3) is 2.87. The van der Waals surface area contributed by atoms with Crippen LogP contribution in [-0.2, 0) is 4.79 Å². The standard InChI is InChI=1S/C12H13ClN2OS.CH4/c1-8-11(6-7-17)12(16)15(14-8)10-4-2-9(13)3-5-10;/h2-5,11,17H,6-7H2,1H3;1H4. The average Bonchev–Trinajstić information content (AvgIpc) is 2.59. The molecule has 1 amide bonds. The summed E-state index contributed by atoms with van der Waals surface area (Å²) in [5, 5.41) is 6.38. The number of hydrogen-bond donors (Lipinski definition) is 1. The Labute approximate surface area is 118 Å². The molecule has 0 spiro atoms. The van der Waals surface area contributed by atoms with Gasteiger partial charge in [0.15, 0.2) is 0 Å². The minimum atomic E-state index is -0.136. The zero-order chi connectivity index (χ0) is 12.4. The monoisotopic (exact) mass is 284 g/mol. The molecule has 0 bridgehead atoms. The van der Waals surface area contributed by atoms with Crippen LogP contribution in [0, 0.1) is 5.92 Å². The van der Waals surface area contributed by atoms with Crippen LogP contribution in [0.5, 0.6) is 0 Å². The number of carbonyl (C=O) groups is 1. The molecule has 0 aliphatic carbocycles. The molecule has 0 saturated heterocycles. The second-order valence-corrected chi connectivity index (χ2v) is 4.82. The van der Waals surface area contributed by atoms with Crippen molar-refractivity contribution < 1.29 is 4.79 Å². The minimum absolute atomic E-state index is 0. The van der Waals surface area contributed by atoms with E-state index in [0.29, 0.717) is 10.8 Å². The summed E-state index contributed by atoms with van der Waals surface area (Å²) < 4.78 is 0. The van der Waals surface area contributed by atoms with Crippen molar-refractivity contribution >= 4 is 41.5 Å². The first-order chi connectivity index (χ1) is 8.13. The molecule has 3 nitrogen and oxygen atoms in total. The van der Waals surface area contributed by atoms with Gasteiger partial charge in [0.1, 0.15) is 0 Å². The Morgan fingerprint density at radius 1 is 1.39 bits per heavy atom. The zero-order valence-electron chi connectivity index (χ0n) is 9.43. The number of benzene rings is 1. The Bertz CT molecular complexity index is 459. The van der Waals surface area contributed by atoms with E-state index in [4.69, 9.17) is 11.6 Å². The molecule has 2 rings (SSSR count). The van der Waals surface area contributed by atoms with Crippen LogP contribution in [0.1, 0.15) is 20.8 Å². The van der Waals surface area contributed by atoms with E-state index < -0.39 is 0 Å². The molecule has 0 N–H and O–H groups in total. The Balaban J connectivity index is 0.00000162. The van der Waals surface area contributed by atoms with E-state index in [1.807, 2.05) is 6.92 Å². The molecule has 1 aromatic carbocycles. The van der Waals surface area contributed by atoms with E-state index >= 15 is 0 Å². The highest BCUT2D eigenvalue weighted by Crippen LogP contribution is 2.26. The number of thiol groups is 1. The molecule has 0 fully saturated rings. The number of halogens is 1. The summed E-state index contributed by atoms with van der Waals surface area (Å²) in [5.74, 6) is 0.555. The molecule has 0 radical (unpaired) electrons. The van der Waals surface area contributed by atoms with Crippen molar-refractivity contribution in [1.82, 2.24) is 0 Å². The number of nitrogens with zero attached hydrogens (tertiary/aromatic N) is 2. The van der Waals surface area contributed by atoms with E-state index in [1.54, 1.807) is 24.3 Å². The fourth-order valence-electron chi connectivity index (χ4n) is 1.83. The molecule has 1 aliphatic rings. The smallest absolute Gasteiger partial charge is 0.256 e. The molecular formula is C13H17ClN2OS. The fourth-order valence-corrected chi connectivity index (χ4v) is 2.22. The third-order valence-corrected chi connectivity index (χ3v) is 3.27. The van der Waals surface area contributed by atoms with Gasteiger partial charge < -0.3 is 0 Å². The van der Waals surface area contributed by atoms with Gasteiger partial charge in [-0.15, -0.1) is 0 Å². The number of rotatable bonds is 3. The predicted octanol–water partition coefficient (Wildman–Crippen LogP) is 3.63. The number of hydrogen-bond acceptors (Lipinski definition) is 3. The first-order valence-corrected chi connectivity index (χ1v) is 6.40. The Kier molecular flexibility index (Phi) is 5.23. The predicted molar refractivity (Wildman–Crippen MR) is 80.7 cm³/mol. The lowest BCUT2D eigenvalue weighted by molar-refractivity contribution is -0.119. The number of hydrazone groups is 1. The molecule has 0 aromatic heterocycles. The molecule has 1 aromatic rings. The summed E-state index contributed by atoms with van der Waals surface area (Å²) in [6.45, 7) is 1.88. The minimum Gasteiger partial charge on any atom is -0.272 e. The molecule has 5 heteroatoms. The molecule has 1 unspecified atom stereocenters. The normalized spacial score (nSPS) is 18.6. The second-order valence-electron chi connectivity index (χ2n) is 3.93.